The second kappa shape index (κ2) is 6.66. The smallest absolute Gasteiger partial charge is 0.0645 e. The van der Waals surface area contributed by atoms with Gasteiger partial charge in [0.2, 0.25) is 0 Å². The van der Waals surface area contributed by atoms with Crippen LogP contribution >= 0.6 is 0 Å². The summed E-state index contributed by atoms with van der Waals surface area (Å²) in [5, 5.41) is 2.97. The Kier molecular flexibility index (Phi) is 6.38. The first-order valence-corrected chi connectivity index (χ1v) is 2.75. The average molecular weight is 115 g/mol. The molecular formula is C6H13NO. The number of rotatable bonds is 5. The quantitative estimate of drug-likeness (QED) is 0.414. The zero-order chi connectivity index (χ0) is 6.24. The summed E-state index contributed by atoms with van der Waals surface area (Å²) in [4.78, 5) is 0. The van der Waals surface area contributed by atoms with Crippen molar-refractivity contribution in [2.75, 3.05) is 26.8 Å². The van der Waals surface area contributed by atoms with Gasteiger partial charge in [0.1, 0.15) is 0 Å². The Balaban J connectivity index is 2.62. The van der Waals surface area contributed by atoms with E-state index in [0.717, 1.165) is 13.2 Å². The molecule has 1 N–H and O–H groups in total. The lowest BCUT2D eigenvalue weighted by molar-refractivity contribution is 0.166. The minimum absolute atomic E-state index is 0.654. The van der Waals surface area contributed by atoms with Crippen molar-refractivity contribution in [1.82, 2.24) is 5.32 Å². The molecule has 0 bridgehead atoms. The van der Waals surface area contributed by atoms with E-state index in [1.807, 2.05) is 7.05 Å². The third-order valence-electron chi connectivity index (χ3n) is 0.732. The maximum atomic E-state index is 5.04. The van der Waals surface area contributed by atoms with Crippen molar-refractivity contribution in [3.8, 4) is 0 Å². The van der Waals surface area contributed by atoms with Gasteiger partial charge in [-0.15, -0.1) is 6.58 Å². The fourth-order valence-electron chi connectivity index (χ4n) is 0.341. The summed E-state index contributed by atoms with van der Waals surface area (Å²) in [7, 11) is 1.90. The number of likely N-dealkylation sites (N-methyl/N-ethyl adjacent to an activating group) is 1. The van der Waals surface area contributed by atoms with Gasteiger partial charge in [-0.05, 0) is 7.05 Å². The lowest BCUT2D eigenvalue weighted by Crippen LogP contribution is -2.13. The largest absolute Gasteiger partial charge is 0.376 e. The molecule has 0 saturated heterocycles. The fourth-order valence-corrected chi connectivity index (χ4v) is 0.341. The van der Waals surface area contributed by atoms with Gasteiger partial charge in [0.15, 0.2) is 0 Å². The van der Waals surface area contributed by atoms with E-state index in [1.165, 1.54) is 0 Å². The van der Waals surface area contributed by atoms with Crippen molar-refractivity contribution in [1.29, 1.82) is 0 Å². The minimum Gasteiger partial charge on any atom is -0.376 e. The monoisotopic (exact) mass is 115 g/mol. The van der Waals surface area contributed by atoms with Crippen molar-refractivity contribution < 1.29 is 4.74 Å². The van der Waals surface area contributed by atoms with Gasteiger partial charge in [-0.25, -0.2) is 0 Å². The SMILES string of the molecule is C=CCOCCNC. The van der Waals surface area contributed by atoms with Crippen LogP contribution in [0.4, 0.5) is 0 Å². The molecule has 0 aliphatic heterocycles. The predicted octanol–water partition coefficient (Wildman–Crippen LogP) is 0.408. The van der Waals surface area contributed by atoms with Gasteiger partial charge in [0.05, 0.1) is 13.2 Å². The standard InChI is InChI=1S/C6H13NO/c1-3-5-8-6-4-7-2/h3,7H,1,4-6H2,2H3. The van der Waals surface area contributed by atoms with E-state index >= 15 is 0 Å². The zero-order valence-electron chi connectivity index (χ0n) is 5.31. The number of hydrogen-bond donors (Lipinski definition) is 1. The second-order valence-electron chi connectivity index (χ2n) is 1.47. The van der Waals surface area contributed by atoms with Gasteiger partial charge in [-0.1, -0.05) is 6.08 Å². The van der Waals surface area contributed by atoms with Gasteiger partial charge >= 0.3 is 0 Å². The molecule has 0 radical (unpaired) electrons. The Hall–Kier alpha value is -0.340. The van der Waals surface area contributed by atoms with Crippen molar-refractivity contribution in [2.45, 2.75) is 0 Å². The van der Waals surface area contributed by atoms with Crippen molar-refractivity contribution in [2.24, 2.45) is 0 Å². The van der Waals surface area contributed by atoms with Crippen LogP contribution in [0, 0.1) is 0 Å². The molecule has 2 nitrogen and oxygen atoms in total. The van der Waals surface area contributed by atoms with Crippen LogP contribution in [0.25, 0.3) is 0 Å². The van der Waals surface area contributed by atoms with E-state index < -0.39 is 0 Å². The van der Waals surface area contributed by atoms with Crippen LogP contribution in [0.15, 0.2) is 12.7 Å². The molecule has 0 amide bonds. The Bertz CT molecular complexity index is 54.5. The normalized spacial score (nSPS) is 9.12. The van der Waals surface area contributed by atoms with Gasteiger partial charge in [-0.2, -0.15) is 0 Å². The highest BCUT2D eigenvalue weighted by atomic mass is 16.5. The Morgan fingerprint density at radius 1 is 1.75 bits per heavy atom. The molecule has 0 saturated carbocycles. The lowest BCUT2D eigenvalue weighted by Gasteiger charge is -1.97. The molecule has 0 unspecified atom stereocenters. The van der Waals surface area contributed by atoms with E-state index in [-0.39, 0.29) is 0 Å². The molecule has 0 spiro atoms. The molecule has 48 valence electrons. The van der Waals surface area contributed by atoms with Crippen LogP contribution in [-0.4, -0.2) is 26.8 Å². The van der Waals surface area contributed by atoms with E-state index in [1.54, 1.807) is 6.08 Å². The van der Waals surface area contributed by atoms with Gasteiger partial charge in [-0.3, -0.25) is 0 Å². The Morgan fingerprint density at radius 3 is 3.00 bits per heavy atom. The predicted molar refractivity (Wildman–Crippen MR) is 34.9 cm³/mol. The summed E-state index contributed by atoms with van der Waals surface area (Å²) in [6, 6.07) is 0. The highest BCUT2D eigenvalue weighted by Crippen LogP contribution is 1.70. The number of hydrogen-bond acceptors (Lipinski definition) is 2. The fraction of sp³-hybridized carbons (Fsp3) is 0.667. The third kappa shape index (κ3) is 5.66. The summed E-state index contributed by atoms with van der Waals surface area (Å²) in [5.74, 6) is 0. The van der Waals surface area contributed by atoms with Crippen LogP contribution in [0.3, 0.4) is 0 Å². The molecule has 0 aromatic heterocycles. The van der Waals surface area contributed by atoms with Crippen LogP contribution in [0.5, 0.6) is 0 Å². The first-order chi connectivity index (χ1) is 3.91. The summed E-state index contributed by atoms with van der Waals surface area (Å²) in [6.07, 6.45) is 1.75. The first-order valence-electron chi connectivity index (χ1n) is 2.75. The molecule has 0 aliphatic carbocycles. The van der Waals surface area contributed by atoms with Gasteiger partial charge in [0, 0.05) is 6.54 Å². The number of nitrogens with one attached hydrogen (secondary N) is 1. The average Bonchev–Trinajstić information content (AvgIpc) is 1.81. The van der Waals surface area contributed by atoms with E-state index in [9.17, 15) is 0 Å². The first kappa shape index (κ1) is 7.66. The molecule has 0 heterocycles. The zero-order valence-corrected chi connectivity index (χ0v) is 5.31. The molecular weight excluding hydrogens is 102 g/mol. The Labute approximate surface area is 50.5 Å². The molecule has 0 aromatic carbocycles. The molecule has 0 aliphatic rings. The van der Waals surface area contributed by atoms with Crippen LogP contribution in [-0.2, 0) is 4.74 Å². The molecule has 0 rings (SSSR count). The molecule has 0 fully saturated rings. The van der Waals surface area contributed by atoms with E-state index in [0.29, 0.717) is 6.61 Å². The maximum Gasteiger partial charge on any atom is 0.0645 e. The molecule has 0 aromatic rings. The number of ether oxygens (including phenoxy) is 1. The molecule has 2 heteroatoms. The van der Waals surface area contributed by atoms with Gasteiger partial charge < -0.3 is 10.1 Å². The highest BCUT2D eigenvalue weighted by Gasteiger charge is 1.78. The summed E-state index contributed by atoms with van der Waals surface area (Å²) in [6.45, 7) is 5.84. The van der Waals surface area contributed by atoms with Crippen LogP contribution in [0.2, 0.25) is 0 Å². The van der Waals surface area contributed by atoms with E-state index in [4.69, 9.17) is 4.74 Å². The van der Waals surface area contributed by atoms with Crippen molar-refractivity contribution in [3.63, 3.8) is 0 Å². The van der Waals surface area contributed by atoms with Crippen LogP contribution < -0.4 is 5.32 Å². The summed E-state index contributed by atoms with van der Waals surface area (Å²) < 4.78 is 5.04. The molecule has 8 heavy (non-hydrogen) atoms. The lowest BCUT2D eigenvalue weighted by atomic mass is 10.6. The van der Waals surface area contributed by atoms with Crippen LogP contribution in [0.1, 0.15) is 0 Å². The van der Waals surface area contributed by atoms with Crippen molar-refractivity contribution in [3.05, 3.63) is 12.7 Å². The topological polar surface area (TPSA) is 21.3 Å². The summed E-state index contributed by atoms with van der Waals surface area (Å²) >= 11 is 0. The van der Waals surface area contributed by atoms with E-state index in [2.05, 4.69) is 11.9 Å². The van der Waals surface area contributed by atoms with Crippen molar-refractivity contribution >= 4 is 0 Å². The highest BCUT2D eigenvalue weighted by molar-refractivity contribution is 4.63. The maximum absolute atomic E-state index is 5.04. The second-order valence-corrected chi connectivity index (χ2v) is 1.47. The summed E-state index contributed by atoms with van der Waals surface area (Å²) in [5.41, 5.74) is 0. The van der Waals surface area contributed by atoms with Gasteiger partial charge in [0.25, 0.3) is 0 Å². The molecule has 0 atom stereocenters. The Morgan fingerprint density at radius 2 is 2.50 bits per heavy atom. The third-order valence-corrected chi connectivity index (χ3v) is 0.732. The minimum atomic E-state index is 0.654.